The first-order valence-electron chi connectivity index (χ1n) is 7.40. The summed E-state index contributed by atoms with van der Waals surface area (Å²) in [7, 11) is 1.59. The minimum atomic E-state index is -0.151. The van der Waals surface area contributed by atoms with Crippen molar-refractivity contribution in [3.63, 3.8) is 0 Å². The van der Waals surface area contributed by atoms with Gasteiger partial charge in [-0.25, -0.2) is 0 Å². The smallest absolute Gasteiger partial charge is 0.224 e. The first-order chi connectivity index (χ1) is 10.2. The Labute approximate surface area is 125 Å². The van der Waals surface area contributed by atoms with Crippen LogP contribution in [0, 0.1) is 0 Å². The zero-order chi connectivity index (χ0) is 15.1. The number of nitrogens with one attached hydrogen (secondary N) is 2. The second-order valence-corrected chi connectivity index (χ2v) is 5.33. The van der Waals surface area contributed by atoms with E-state index in [-0.39, 0.29) is 24.7 Å². The van der Waals surface area contributed by atoms with E-state index in [0.29, 0.717) is 11.7 Å². The van der Waals surface area contributed by atoms with Crippen LogP contribution in [-0.2, 0) is 9.59 Å². The predicted molar refractivity (Wildman–Crippen MR) is 81.3 cm³/mol. The lowest BCUT2D eigenvalue weighted by Gasteiger charge is -2.11. The minimum absolute atomic E-state index is 0.0354. The summed E-state index contributed by atoms with van der Waals surface area (Å²) in [5.74, 6) is 0.553. The van der Waals surface area contributed by atoms with E-state index in [1.807, 2.05) is 0 Å². The fourth-order valence-electron chi connectivity index (χ4n) is 2.49. The molecule has 0 heterocycles. The van der Waals surface area contributed by atoms with Crippen molar-refractivity contribution < 1.29 is 14.3 Å². The molecule has 5 heteroatoms. The quantitative estimate of drug-likeness (QED) is 0.845. The highest BCUT2D eigenvalue weighted by molar-refractivity contribution is 5.93. The Bertz CT molecular complexity index is 479. The third-order valence-electron chi connectivity index (χ3n) is 3.67. The van der Waals surface area contributed by atoms with Crippen molar-refractivity contribution >= 4 is 17.5 Å². The molecule has 0 unspecified atom stereocenters. The lowest BCUT2D eigenvalue weighted by atomic mass is 10.2. The van der Waals surface area contributed by atoms with Crippen LogP contribution in [-0.4, -0.2) is 25.0 Å². The van der Waals surface area contributed by atoms with Crippen molar-refractivity contribution in [3.8, 4) is 5.75 Å². The van der Waals surface area contributed by atoms with Gasteiger partial charge in [0, 0.05) is 24.6 Å². The summed E-state index contributed by atoms with van der Waals surface area (Å²) in [4.78, 5) is 23.5. The SMILES string of the molecule is COc1ccc(NC(=O)CCC(=O)NC2CCCC2)cc1. The zero-order valence-electron chi connectivity index (χ0n) is 12.4. The maximum Gasteiger partial charge on any atom is 0.224 e. The Hall–Kier alpha value is -2.04. The molecule has 0 bridgehead atoms. The highest BCUT2D eigenvalue weighted by Gasteiger charge is 2.17. The third-order valence-corrected chi connectivity index (χ3v) is 3.67. The van der Waals surface area contributed by atoms with Crippen LogP contribution in [0.1, 0.15) is 38.5 Å². The first kappa shape index (κ1) is 15.4. The summed E-state index contributed by atoms with van der Waals surface area (Å²) in [6, 6.07) is 7.41. The van der Waals surface area contributed by atoms with Crippen LogP contribution in [0.15, 0.2) is 24.3 Å². The number of hydrogen-bond acceptors (Lipinski definition) is 3. The van der Waals surface area contributed by atoms with Crippen LogP contribution in [0.4, 0.5) is 5.69 Å². The lowest BCUT2D eigenvalue weighted by molar-refractivity contribution is -0.124. The standard InChI is InChI=1S/C16H22N2O3/c1-21-14-8-6-13(7-9-14)18-16(20)11-10-15(19)17-12-4-2-3-5-12/h6-9,12H,2-5,10-11H2,1H3,(H,17,19)(H,18,20). The highest BCUT2D eigenvalue weighted by Crippen LogP contribution is 2.18. The van der Waals surface area contributed by atoms with Crippen molar-refractivity contribution in [1.82, 2.24) is 5.32 Å². The molecule has 1 fully saturated rings. The van der Waals surface area contributed by atoms with Crippen molar-refractivity contribution in [2.24, 2.45) is 0 Å². The molecule has 2 N–H and O–H groups in total. The topological polar surface area (TPSA) is 67.4 Å². The summed E-state index contributed by atoms with van der Waals surface area (Å²) >= 11 is 0. The molecule has 1 aliphatic carbocycles. The van der Waals surface area contributed by atoms with Crippen LogP contribution in [0.3, 0.4) is 0 Å². The number of rotatable bonds is 6. The van der Waals surface area contributed by atoms with E-state index in [2.05, 4.69) is 10.6 Å². The number of ether oxygens (including phenoxy) is 1. The Kier molecular flexibility index (Phi) is 5.60. The average molecular weight is 290 g/mol. The van der Waals surface area contributed by atoms with E-state index >= 15 is 0 Å². The van der Waals surface area contributed by atoms with Gasteiger partial charge < -0.3 is 15.4 Å². The van der Waals surface area contributed by atoms with E-state index in [4.69, 9.17) is 4.74 Å². The van der Waals surface area contributed by atoms with Gasteiger partial charge in [0.05, 0.1) is 7.11 Å². The van der Waals surface area contributed by atoms with Gasteiger partial charge in [0.1, 0.15) is 5.75 Å². The second-order valence-electron chi connectivity index (χ2n) is 5.33. The molecule has 2 rings (SSSR count). The van der Waals surface area contributed by atoms with Gasteiger partial charge in [-0.05, 0) is 37.1 Å². The predicted octanol–water partition coefficient (Wildman–Crippen LogP) is 2.47. The van der Waals surface area contributed by atoms with Gasteiger partial charge in [-0.3, -0.25) is 9.59 Å². The summed E-state index contributed by atoms with van der Waals surface area (Å²) < 4.78 is 5.05. The van der Waals surface area contributed by atoms with Gasteiger partial charge in [-0.15, -0.1) is 0 Å². The molecule has 0 spiro atoms. The molecule has 5 nitrogen and oxygen atoms in total. The largest absolute Gasteiger partial charge is 0.497 e. The molecule has 1 aromatic rings. The highest BCUT2D eigenvalue weighted by atomic mass is 16.5. The number of carbonyl (C=O) groups excluding carboxylic acids is 2. The fraction of sp³-hybridized carbons (Fsp3) is 0.500. The van der Waals surface area contributed by atoms with Gasteiger partial charge in [-0.2, -0.15) is 0 Å². The molecule has 0 radical (unpaired) electrons. The molecule has 2 amide bonds. The monoisotopic (exact) mass is 290 g/mol. The van der Waals surface area contributed by atoms with Crippen LogP contribution >= 0.6 is 0 Å². The van der Waals surface area contributed by atoms with Crippen molar-refractivity contribution in [3.05, 3.63) is 24.3 Å². The van der Waals surface area contributed by atoms with E-state index in [1.54, 1.807) is 31.4 Å². The van der Waals surface area contributed by atoms with Crippen LogP contribution in [0.2, 0.25) is 0 Å². The van der Waals surface area contributed by atoms with Crippen LogP contribution in [0.5, 0.6) is 5.75 Å². The average Bonchev–Trinajstić information content (AvgIpc) is 2.99. The van der Waals surface area contributed by atoms with Crippen molar-refractivity contribution in [1.29, 1.82) is 0 Å². The van der Waals surface area contributed by atoms with Crippen molar-refractivity contribution in [2.45, 2.75) is 44.6 Å². The Morgan fingerprint density at radius 1 is 1.10 bits per heavy atom. The minimum Gasteiger partial charge on any atom is -0.497 e. The van der Waals surface area contributed by atoms with Gasteiger partial charge in [0.15, 0.2) is 0 Å². The Balaban J connectivity index is 1.69. The van der Waals surface area contributed by atoms with E-state index in [0.717, 1.165) is 18.6 Å². The van der Waals surface area contributed by atoms with Gasteiger partial charge in [0.2, 0.25) is 11.8 Å². The van der Waals surface area contributed by atoms with Gasteiger partial charge in [-0.1, -0.05) is 12.8 Å². The number of methoxy groups -OCH3 is 1. The Morgan fingerprint density at radius 3 is 2.33 bits per heavy atom. The molecule has 0 atom stereocenters. The van der Waals surface area contributed by atoms with Crippen molar-refractivity contribution in [2.75, 3.05) is 12.4 Å². The first-order valence-corrected chi connectivity index (χ1v) is 7.40. The lowest BCUT2D eigenvalue weighted by Crippen LogP contribution is -2.33. The fourth-order valence-corrected chi connectivity index (χ4v) is 2.49. The number of amides is 2. The van der Waals surface area contributed by atoms with E-state index < -0.39 is 0 Å². The normalized spacial score (nSPS) is 14.7. The molecular weight excluding hydrogens is 268 g/mol. The molecule has 114 valence electrons. The number of carbonyl (C=O) groups is 2. The Morgan fingerprint density at radius 2 is 1.71 bits per heavy atom. The van der Waals surface area contributed by atoms with E-state index in [1.165, 1.54) is 12.8 Å². The number of hydrogen-bond donors (Lipinski definition) is 2. The summed E-state index contributed by atoms with van der Waals surface area (Å²) in [5, 5.41) is 5.75. The molecule has 1 saturated carbocycles. The van der Waals surface area contributed by atoms with Gasteiger partial charge in [0.25, 0.3) is 0 Å². The maximum absolute atomic E-state index is 11.8. The second kappa shape index (κ2) is 7.67. The van der Waals surface area contributed by atoms with Gasteiger partial charge >= 0.3 is 0 Å². The summed E-state index contributed by atoms with van der Waals surface area (Å²) in [6.07, 6.45) is 4.92. The molecular formula is C16H22N2O3. The van der Waals surface area contributed by atoms with Crippen LogP contribution in [0.25, 0.3) is 0 Å². The molecule has 1 aliphatic rings. The molecule has 0 aliphatic heterocycles. The molecule has 1 aromatic carbocycles. The maximum atomic E-state index is 11.8. The molecule has 0 aromatic heterocycles. The summed E-state index contributed by atoms with van der Waals surface area (Å²) in [6.45, 7) is 0. The number of anilines is 1. The number of benzene rings is 1. The third kappa shape index (κ3) is 5.10. The van der Waals surface area contributed by atoms with Crippen LogP contribution < -0.4 is 15.4 Å². The molecule has 21 heavy (non-hydrogen) atoms. The molecule has 0 saturated heterocycles. The van der Waals surface area contributed by atoms with E-state index in [9.17, 15) is 9.59 Å². The zero-order valence-corrected chi connectivity index (χ0v) is 12.4. The summed E-state index contributed by atoms with van der Waals surface area (Å²) in [5.41, 5.74) is 0.706.